The smallest absolute Gasteiger partial charge is 0.242 e. The highest BCUT2D eigenvalue weighted by molar-refractivity contribution is 9.10. The molecule has 1 aromatic carbocycles. The van der Waals surface area contributed by atoms with Gasteiger partial charge in [0.1, 0.15) is 12.0 Å². The maximum Gasteiger partial charge on any atom is 0.242 e. The topological polar surface area (TPSA) is 73.1 Å². The van der Waals surface area contributed by atoms with Crippen molar-refractivity contribution in [3.05, 3.63) is 34.0 Å². The molecule has 0 radical (unpaired) electrons. The Labute approximate surface area is 130 Å². The number of halogens is 2. The lowest BCUT2D eigenvalue weighted by molar-refractivity contribution is 0.307. The van der Waals surface area contributed by atoms with Gasteiger partial charge in [-0.25, -0.2) is 4.98 Å². The van der Waals surface area contributed by atoms with Crippen LogP contribution in [-0.2, 0) is 0 Å². The number of aromatic nitrogens is 2. The molecule has 3 N–H and O–H groups in total. The lowest BCUT2D eigenvalue weighted by atomic mass is 10.3. The van der Waals surface area contributed by atoms with E-state index in [1.165, 1.54) is 6.33 Å². The molecule has 1 aromatic heterocycles. The Balaban J connectivity index is 2.22. The number of nitrogens with zero attached hydrogens (tertiary/aromatic N) is 2. The molecule has 0 aliphatic rings. The van der Waals surface area contributed by atoms with Crippen molar-refractivity contribution in [2.45, 2.75) is 13.3 Å². The second-order valence-electron chi connectivity index (χ2n) is 4.04. The number of hydrogen-bond acceptors (Lipinski definition) is 5. The zero-order valence-electron chi connectivity index (χ0n) is 10.9. The van der Waals surface area contributed by atoms with Crippen LogP contribution >= 0.6 is 27.5 Å². The van der Waals surface area contributed by atoms with Gasteiger partial charge in [0.2, 0.25) is 5.88 Å². The van der Waals surface area contributed by atoms with Gasteiger partial charge in [-0.2, -0.15) is 4.98 Å². The number of nitrogens with one attached hydrogen (secondary N) is 1. The Morgan fingerprint density at radius 1 is 1.40 bits per heavy atom. The molecule has 0 aliphatic carbocycles. The molecule has 2 aromatic rings. The number of rotatable bonds is 5. The predicted octanol–water partition coefficient (Wildman–Crippen LogP) is 4.01. The number of hydrogen-bond donors (Lipinski definition) is 2. The third-order valence-electron chi connectivity index (χ3n) is 2.47. The molecule has 106 valence electrons. The summed E-state index contributed by atoms with van der Waals surface area (Å²) in [6.07, 6.45) is 2.29. The first-order valence-corrected chi connectivity index (χ1v) is 7.24. The molecule has 0 fully saturated rings. The van der Waals surface area contributed by atoms with E-state index in [4.69, 9.17) is 22.1 Å². The van der Waals surface area contributed by atoms with Crippen molar-refractivity contribution in [1.82, 2.24) is 9.97 Å². The van der Waals surface area contributed by atoms with Gasteiger partial charge >= 0.3 is 0 Å². The first-order valence-electron chi connectivity index (χ1n) is 6.07. The molecule has 0 unspecified atom stereocenters. The fourth-order valence-corrected chi connectivity index (χ4v) is 1.93. The summed E-state index contributed by atoms with van der Waals surface area (Å²) >= 11 is 9.38. The van der Waals surface area contributed by atoms with Crippen LogP contribution in [-0.4, -0.2) is 16.6 Å². The van der Waals surface area contributed by atoms with Gasteiger partial charge in [-0.3, -0.25) is 0 Å². The Hall–Kier alpha value is -1.53. The highest BCUT2D eigenvalue weighted by Crippen LogP contribution is 2.30. The van der Waals surface area contributed by atoms with E-state index in [0.717, 1.165) is 16.6 Å². The van der Waals surface area contributed by atoms with Crippen molar-refractivity contribution in [1.29, 1.82) is 0 Å². The Morgan fingerprint density at radius 2 is 2.20 bits per heavy atom. The normalized spacial score (nSPS) is 10.3. The van der Waals surface area contributed by atoms with Crippen LogP contribution in [0.25, 0.3) is 0 Å². The first-order chi connectivity index (χ1) is 9.61. The summed E-state index contributed by atoms with van der Waals surface area (Å²) in [6, 6.07) is 5.49. The average Bonchev–Trinajstić information content (AvgIpc) is 2.44. The molecule has 2 rings (SSSR count). The zero-order valence-corrected chi connectivity index (χ0v) is 13.2. The van der Waals surface area contributed by atoms with Crippen molar-refractivity contribution < 1.29 is 4.74 Å². The van der Waals surface area contributed by atoms with E-state index in [9.17, 15) is 0 Å². The van der Waals surface area contributed by atoms with Gasteiger partial charge in [-0.1, -0.05) is 18.5 Å². The minimum absolute atomic E-state index is 0.375. The molecular formula is C13H14BrClN4O. The number of benzene rings is 1. The Morgan fingerprint density at radius 3 is 2.90 bits per heavy atom. The van der Waals surface area contributed by atoms with Crippen LogP contribution in [0.1, 0.15) is 13.3 Å². The SMILES string of the molecule is CCCOc1ncnc(Nc2ccc(Br)c(Cl)c2)c1N. The van der Waals surface area contributed by atoms with Crippen molar-refractivity contribution in [2.24, 2.45) is 0 Å². The van der Waals surface area contributed by atoms with Crippen LogP contribution < -0.4 is 15.8 Å². The third-order valence-corrected chi connectivity index (χ3v) is 3.71. The molecule has 20 heavy (non-hydrogen) atoms. The summed E-state index contributed by atoms with van der Waals surface area (Å²) < 4.78 is 6.28. The summed E-state index contributed by atoms with van der Waals surface area (Å²) in [5.41, 5.74) is 7.14. The van der Waals surface area contributed by atoms with Crippen molar-refractivity contribution in [3.63, 3.8) is 0 Å². The van der Waals surface area contributed by atoms with Crippen LogP contribution in [0, 0.1) is 0 Å². The average molecular weight is 358 g/mol. The minimum Gasteiger partial charge on any atom is -0.476 e. The highest BCUT2D eigenvalue weighted by atomic mass is 79.9. The predicted molar refractivity (Wildman–Crippen MR) is 84.7 cm³/mol. The van der Waals surface area contributed by atoms with E-state index in [1.54, 1.807) is 6.07 Å². The molecule has 0 saturated heterocycles. The Bertz CT molecular complexity index is 609. The fourth-order valence-electron chi connectivity index (χ4n) is 1.50. The molecule has 0 saturated carbocycles. The van der Waals surface area contributed by atoms with Crippen molar-refractivity contribution in [3.8, 4) is 5.88 Å². The van der Waals surface area contributed by atoms with Crippen LogP contribution in [0.4, 0.5) is 17.2 Å². The quantitative estimate of drug-likeness (QED) is 0.846. The summed E-state index contributed by atoms with van der Waals surface area (Å²) in [5.74, 6) is 0.872. The monoisotopic (exact) mass is 356 g/mol. The molecule has 0 amide bonds. The van der Waals surface area contributed by atoms with E-state index < -0.39 is 0 Å². The maximum absolute atomic E-state index is 6.04. The van der Waals surface area contributed by atoms with Crippen molar-refractivity contribution in [2.75, 3.05) is 17.7 Å². The summed E-state index contributed by atoms with van der Waals surface area (Å²) in [6.45, 7) is 2.57. The molecule has 0 spiro atoms. The van der Waals surface area contributed by atoms with E-state index in [-0.39, 0.29) is 0 Å². The van der Waals surface area contributed by atoms with Gasteiger partial charge in [-0.05, 0) is 40.5 Å². The van der Waals surface area contributed by atoms with E-state index >= 15 is 0 Å². The molecular weight excluding hydrogens is 344 g/mol. The van der Waals surface area contributed by atoms with Gasteiger partial charge in [-0.15, -0.1) is 0 Å². The van der Waals surface area contributed by atoms with E-state index in [2.05, 4.69) is 31.2 Å². The summed E-state index contributed by atoms with van der Waals surface area (Å²) in [4.78, 5) is 8.13. The zero-order chi connectivity index (χ0) is 14.5. The molecule has 0 aliphatic heterocycles. The van der Waals surface area contributed by atoms with Crippen molar-refractivity contribution >= 4 is 44.7 Å². The second-order valence-corrected chi connectivity index (χ2v) is 5.30. The number of ether oxygens (including phenoxy) is 1. The molecule has 7 heteroatoms. The maximum atomic E-state index is 6.04. The van der Waals surface area contributed by atoms with Gasteiger partial charge < -0.3 is 15.8 Å². The van der Waals surface area contributed by atoms with E-state index in [0.29, 0.717) is 29.0 Å². The van der Waals surface area contributed by atoms with Crippen LogP contribution in [0.2, 0.25) is 5.02 Å². The number of nitrogen functional groups attached to an aromatic ring is 1. The van der Waals surface area contributed by atoms with Crippen LogP contribution in [0.3, 0.4) is 0 Å². The summed E-state index contributed by atoms with van der Waals surface area (Å²) in [5, 5.41) is 3.70. The summed E-state index contributed by atoms with van der Waals surface area (Å²) in [7, 11) is 0. The van der Waals surface area contributed by atoms with Gasteiger partial charge in [0.05, 0.1) is 11.6 Å². The van der Waals surface area contributed by atoms with Gasteiger partial charge in [0.25, 0.3) is 0 Å². The lowest BCUT2D eigenvalue weighted by Crippen LogP contribution is -2.05. The standard InChI is InChI=1S/C13H14BrClN4O/c1-2-5-20-13-11(16)12(17-7-18-13)19-8-3-4-9(14)10(15)6-8/h3-4,6-7H,2,5,16H2,1H3,(H,17,18,19). The lowest BCUT2D eigenvalue weighted by Gasteiger charge is -2.12. The first kappa shape index (κ1) is 14.9. The third kappa shape index (κ3) is 3.52. The molecule has 1 heterocycles. The molecule has 0 atom stereocenters. The molecule has 5 nitrogen and oxygen atoms in total. The number of anilines is 3. The fraction of sp³-hybridized carbons (Fsp3) is 0.231. The highest BCUT2D eigenvalue weighted by Gasteiger charge is 2.10. The van der Waals surface area contributed by atoms with Gasteiger partial charge in [0, 0.05) is 10.2 Å². The van der Waals surface area contributed by atoms with Gasteiger partial charge in [0.15, 0.2) is 5.82 Å². The van der Waals surface area contributed by atoms with Crippen LogP contribution in [0.5, 0.6) is 5.88 Å². The molecule has 0 bridgehead atoms. The van der Waals surface area contributed by atoms with E-state index in [1.807, 2.05) is 19.1 Å². The minimum atomic E-state index is 0.375. The van der Waals surface area contributed by atoms with Crippen LogP contribution in [0.15, 0.2) is 29.0 Å². The largest absolute Gasteiger partial charge is 0.476 e. The Kier molecular flexibility index (Phi) is 5.03. The number of nitrogens with two attached hydrogens (primary N) is 1. The second kappa shape index (κ2) is 6.76.